The molecule has 0 unspecified atom stereocenters. The van der Waals surface area contributed by atoms with Crippen LogP contribution in [-0.2, 0) is 5.41 Å². The molecule has 0 atom stereocenters. The van der Waals surface area contributed by atoms with Gasteiger partial charge >= 0.3 is 0 Å². The Balaban J connectivity index is 1.03. The molecule has 12 aromatic rings. The SMILES string of the molecule is c1ccc(-c2ccc(N(c3ccc(-c4c(-c5ccccc5)c5c6ccccc6sc5c5ccccc45)cc3)c3ccc4c(c3)C(c3ccccc3)(c3ccccc3)c3ccccc3-4)cc2)cc1. The number of benzene rings is 11. The van der Waals surface area contributed by atoms with Crippen LogP contribution in [-0.4, -0.2) is 0 Å². The molecule has 0 bridgehead atoms. The van der Waals surface area contributed by atoms with E-state index < -0.39 is 5.41 Å². The molecule has 1 nitrogen and oxygen atoms in total. The molecule has 1 heterocycles. The molecule has 0 spiro atoms. The molecule has 0 fully saturated rings. The van der Waals surface area contributed by atoms with Crippen LogP contribution in [0.15, 0.2) is 261 Å². The lowest BCUT2D eigenvalue weighted by Gasteiger charge is -2.35. The van der Waals surface area contributed by atoms with Gasteiger partial charge in [-0.25, -0.2) is 0 Å². The van der Waals surface area contributed by atoms with Gasteiger partial charge in [-0.05, 0) is 115 Å². The van der Waals surface area contributed by atoms with Crippen LogP contribution in [0.4, 0.5) is 17.1 Å². The Kier molecular flexibility index (Phi) is 9.33. The smallest absolute Gasteiger partial charge is 0.0714 e. The fourth-order valence-corrected chi connectivity index (χ4v) is 12.3. The molecule has 0 aliphatic heterocycles. The van der Waals surface area contributed by atoms with E-state index in [2.05, 4.69) is 266 Å². The molecule has 13 rings (SSSR count). The van der Waals surface area contributed by atoms with E-state index in [9.17, 15) is 0 Å². The summed E-state index contributed by atoms with van der Waals surface area (Å²) < 4.78 is 2.64. The zero-order chi connectivity index (χ0) is 44.3. The van der Waals surface area contributed by atoms with E-state index in [1.54, 1.807) is 0 Å². The lowest BCUT2D eigenvalue weighted by molar-refractivity contribution is 0.768. The zero-order valence-electron chi connectivity index (χ0n) is 36.7. The number of thiophene rings is 1. The van der Waals surface area contributed by atoms with Crippen molar-refractivity contribution >= 4 is 59.3 Å². The predicted molar refractivity (Wildman–Crippen MR) is 285 cm³/mol. The Labute approximate surface area is 395 Å². The van der Waals surface area contributed by atoms with Crippen molar-refractivity contribution < 1.29 is 0 Å². The summed E-state index contributed by atoms with van der Waals surface area (Å²) in [5.41, 5.74) is 17.7. The number of hydrogen-bond donors (Lipinski definition) is 0. The summed E-state index contributed by atoms with van der Waals surface area (Å²) in [7, 11) is 0. The zero-order valence-corrected chi connectivity index (χ0v) is 37.5. The number of anilines is 3. The fraction of sp³-hybridized carbons (Fsp3) is 0.0154. The van der Waals surface area contributed by atoms with Gasteiger partial charge in [0.25, 0.3) is 0 Å². The van der Waals surface area contributed by atoms with Gasteiger partial charge in [0.05, 0.1) is 5.41 Å². The molecular weight excluding hydrogens is 827 g/mol. The molecule has 0 N–H and O–H groups in total. The number of rotatable bonds is 8. The summed E-state index contributed by atoms with van der Waals surface area (Å²) in [6.07, 6.45) is 0. The highest BCUT2D eigenvalue weighted by Crippen LogP contribution is 2.57. The minimum absolute atomic E-state index is 0.517. The standard InChI is InChI=1S/C65H43NS/c1-5-19-44(20-6-1)45-33-37-50(38-34-45)66(52-41-42-54-53-27-15-17-31-58(53)65(59(54)43-52,48-23-9-3-10-24-48)49-25-11-4-12-26-49)51-39-35-47(36-40-51)61-55-28-13-14-29-56(55)64-63(57-30-16-18-32-60(57)67-64)62(61)46-21-7-2-8-22-46/h1-43H. The second-order valence-electron chi connectivity index (χ2n) is 17.5. The second kappa shape index (κ2) is 16.0. The molecular formula is C65H43NS. The van der Waals surface area contributed by atoms with Gasteiger partial charge in [0, 0.05) is 42.6 Å². The summed E-state index contributed by atoms with van der Waals surface area (Å²) in [6.45, 7) is 0. The monoisotopic (exact) mass is 869 g/mol. The summed E-state index contributed by atoms with van der Waals surface area (Å²) in [4.78, 5) is 2.44. The minimum Gasteiger partial charge on any atom is -0.310 e. The highest BCUT2D eigenvalue weighted by atomic mass is 32.1. The van der Waals surface area contributed by atoms with Gasteiger partial charge in [0.1, 0.15) is 0 Å². The van der Waals surface area contributed by atoms with Crippen molar-refractivity contribution in [3.05, 3.63) is 283 Å². The molecule has 11 aromatic carbocycles. The summed E-state index contributed by atoms with van der Waals surface area (Å²) in [5.74, 6) is 0. The Morgan fingerprint density at radius 3 is 1.43 bits per heavy atom. The average molecular weight is 870 g/mol. The van der Waals surface area contributed by atoms with Crippen LogP contribution in [0.1, 0.15) is 22.3 Å². The van der Waals surface area contributed by atoms with Crippen molar-refractivity contribution in [2.75, 3.05) is 4.90 Å². The van der Waals surface area contributed by atoms with Gasteiger partial charge in [0.2, 0.25) is 0 Å². The topological polar surface area (TPSA) is 3.24 Å². The fourth-order valence-electron chi connectivity index (χ4n) is 11.1. The van der Waals surface area contributed by atoms with Crippen LogP contribution in [0.3, 0.4) is 0 Å². The lowest BCUT2D eigenvalue weighted by atomic mass is 9.67. The third-order valence-electron chi connectivity index (χ3n) is 13.9. The number of fused-ring (bicyclic) bond motifs is 8. The molecule has 314 valence electrons. The molecule has 2 heteroatoms. The van der Waals surface area contributed by atoms with Crippen LogP contribution >= 0.6 is 11.3 Å². The van der Waals surface area contributed by atoms with Gasteiger partial charge in [-0.15, -0.1) is 11.3 Å². The van der Waals surface area contributed by atoms with E-state index in [1.807, 2.05) is 11.3 Å². The maximum Gasteiger partial charge on any atom is 0.0714 e. The van der Waals surface area contributed by atoms with Crippen molar-refractivity contribution in [3.63, 3.8) is 0 Å². The minimum atomic E-state index is -0.517. The average Bonchev–Trinajstić information content (AvgIpc) is 3.94. The van der Waals surface area contributed by atoms with Crippen molar-refractivity contribution in [1.82, 2.24) is 0 Å². The highest BCUT2D eigenvalue weighted by molar-refractivity contribution is 7.26. The molecule has 1 aliphatic carbocycles. The van der Waals surface area contributed by atoms with Crippen LogP contribution in [0.25, 0.3) is 75.5 Å². The third kappa shape index (κ3) is 6.22. The van der Waals surface area contributed by atoms with Gasteiger partial charge in [-0.2, -0.15) is 0 Å². The summed E-state index contributed by atoms with van der Waals surface area (Å²) in [5, 5.41) is 5.18. The Bertz CT molecular complexity index is 3720. The van der Waals surface area contributed by atoms with Crippen molar-refractivity contribution in [3.8, 4) is 44.5 Å². The third-order valence-corrected chi connectivity index (χ3v) is 15.2. The van der Waals surface area contributed by atoms with Crippen molar-refractivity contribution in [2.24, 2.45) is 0 Å². The van der Waals surface area contributed by atoms with Gasteiger partial charge in [-0.1, -0.05) is 218 Å². The summed E-state index contributed by atoms with van der Waals surface area (Å²) in [6, 6.07) is 96.2. The normalized spacial score (nSPS) is 12.6. The van der Waals surface area contributed by atoms with Gasteiger partial charge in [-0.3, -0.25) is 0 Å². The highest BCUT2D eigenvalue weighted by Gasteiger charge is 2.46. The van der Waals surface area contributed by atoms with E-state index in [0.717, 1.165) is 17.1 Å². The Morgan fingerprint density at radius 1 is 0.313 bits per heavy atom. The quantitative estimate of drug-likeness (QED) is 0.147. The Hall–Kier alpha value is -8.30. The van der Waals surface area contributed by atoms with Gasteiger partial charge in [0.15, 0.2) is 0 Å². The maximum atomic E-state index is 2.46. The molecule has 0 saturated heterocycles. The van der Waals surface area contributed by atoms with Crippen molar-refractivity contribution in [2.45, 2.75) is 5.41 Å². The first-order valence-corrected chi connectivity index (χ1v) is 23.9. The second-order valence-corrected chi connectivity index (χ2v) is 18.6. The molecule has 0 saturated carbocycles. The number of hydrogen-bond acceptors (Lipinski definition) is 2. The van der Waals surface area contributed by atoms with Crippen LogP contribution in [0.5, 0.6) is 0 Å². The van der Waals surface area contributed by atoms with E-state index >= 15 is 0 Å². The summed E-state index contributed by atoms with van der Waals surface area (Å²) >= 11 is 1.90. The molecule has 0 radical (unpaired) electrons. The first kappa shape index (κ1) is 39.1. The predicted octanol–water partition coefficient (Wildman–Crippen LogP) is 18.0. The maximum absolute atomic E-state index is 2.46. The van der Waals surface area contributed by atoms with Crippen LogP contribution < -0.4 is 4.90 Å². The largest absolute Gasteiger partial charge is 0.310 e. The van der Waals surface area contributed by atoms with E-state index in [-0.39, 0.29) is 0 Å². The lowest BCUT2D eigenvalue weighted by Crippen LogP contribution is -2.28. The Morgan fingerprint density at radius 2 is 0.776 bits per heavy atom. The van der Waals surface area contributed by atoms with E-state index in [4.69, 9.17) is 0 Å². The van der Waals surface area contributed by atoms with Crippen LogP contribution in [0.2, 0.25) is 0 Å². The van der Waals surface area contributed by atoms with Crippen molar-refractivity contribution in [1.29, 1.82) is 0 Å². The van der Waals surface area contributed by atoms with Crippen LogP contribution in [0, 0.1) is 0 Å². The number of nitrogens with zero attached hydrogens (tertiary/aromatic N) is 1. The molecule has 1 aliphatic rings. The van der Waals surface area contributed by atoms with E-state index in [0.29, 0.717) is 0 Å². The first-order valence-electron chi connectivity index (χ1n) is 23.1. The molecule has 1 aromatic heterocycles. The molecule has 0 amide bonds. The van der Waals surface area contributed by atoms with Gasteiger partial charge < -0.3 is 4.90 Å². The first-order chi connectivity index (χ1) is 33.3. The molecule has 67 heavy (non-hydrogen) atoms. The van der Waals surface area contributed by atoms with E-state index in [1.165, 1.54) is 97.7 Å².